The summed E-state index contributed by atoms with van der Waals surface area (Å²) in [5, 5.41) is 0. The molecule has 9 heteroatoms. The van der Waals surface area contributed by atoms with Gasteiger partial charge in [-0.25, -0.2) is 0 Å². The van der Waals surface area contributed by atoms with Gasteiger partial charge in [-0.1, -0.05) is 19.9 Å². The summed E-state index contributed by atoms with van der Waals surface area (Å²) in [6.07, 6.45) is -2.10. The monoisotopic (exact) mass is 578 g/mol. The average Bonchev–Trinajstić information content (AvgIpc) is 2.44. The van der Waals surface area contributed by atoms with Crippen LogP contribution in [0.1, 0.15) is 40.0 Å². The van der Waals surface area contributed by atoms with Crippen molar-refractivity contribution >= 4 is 48.9 Å². The Labute approximate surface area is 166 Å². The Bertz CT molecular complexity index is 509. The van der Waals surface area contributed by atoms with Gasteiger partial charge in [-0.3, -0.25) is 4.99 Å². The smallest absolute Gasteiger partial charge is 0.327 e. The second-order valence-electron chi connectivity index (χ2n) is 6.83. The molecule has 0 fully saturated rings. The lowest BCUT2D eigenvalue weighted by molar-refractivity contribution is -0.142. The van der Waals surface area contributed by atoms with E-state index in [2.05, 4.69) is 4.99 Å². The van der Waals surface area contributed by atoms with E-state index in [0.717, 1.165) is 29.5 Å². The Morgan fingerprint density at radius 1 is 1.38 bits per heavy atom. The number of nitrogens with two attached hydrogens (primary N) is 1. The predicted octanol–water partition coefficient (Wildman–Crippen LogP) is 5.88. The topological polar surface area (TPSA) is 38.4 Å². The van der Waals surface area contributed by atoms with Crippen LogP contribution in [-0.2, 0) is 0 Å². The van der Waals surface area contributed by atoms with Crippen molar-refractivity contribution in [2.45, 2.75) is 62.2 Å². The van der Waals surface area contributed by atoms with Gasteiger partial charge in [0.1, 0.15) is 6.04 Å². The lowest BCUT2D eigenvalue weighted by atomic mass is 9.81. The van der Waals surface area contributed by atoms with Gasteiger partial charge in [-0.2, -0.15) is 22.0 Å². The van der Waals surface area contributed by atoms with Crippen molar-refractivity contribution in [2.24, 2.45) is 22.1 Å². The zero-order chi connectivity index (χ0) is 18.9. The summed E-state index contributed by atoms with van der Waals surface area (Å²) in [6.45, 7) is 4.57. The van der Waals surface area contributed by atoms with E-state index in [0.29, 0.717) is 6.42 Å². The van der Waals surface area contributed by atoms with E-state index in [1.165, 1.54) is 6.08 Å². The molecule has 0 radical (unpaired) electrons. The van der Waals surface area contributed by atoms with Crippen molar-refractivity contribution in [3.63, 3.8) is 0 Å². The van der Waals surface area contributed by atoms with Crippen molar-refractivity contribution in [3.8, 4) is 0 Å². The van der Waals surface area contributed by atoms with Crippen LogP contribution in [-0.4, -0.2) is 25.9 Å². The largest absolute Gasteiger partial charge is 0.410 e. The molecule has 0 spiro atoms. The Morgan fingerprint density at radius 2 is 1.92 bits per heavy atom. The molecule has 2 N–H and O–H groups in total. The fraction of sp³-hybridized carbons (Fsp3) is 0.800. The third kappa shape index (κ3) is 6.65. The highest BCUT2D eigenvalue weighted by Crippen LogP contribution is 2.44. The van der Waals surface area contributed by atoms with Crippen LogP contribution in [0.25, 0.3) is 0 Å². The van der Waals surface area contributed by atoms with Crippen molar-refractivity contribution < 1.29 is 22.0 Å². The van der Waals surface area contributed by atoms with E-state index in [1.807, 2.05) is 0 Å². The molecule has 0 aromatic heterocycles. The lowest BCUT2D eigenvalue weighted by Crippen LogP contribution is -2.36. The van der Waals surface area contributed by atoms with Gasteiger partial charge < -0.3 is 5.73 Å². The minimum atomic E-state index is -4.40. The normalized spacial score (nSPS) is 27.5. The molecule has 1 aliphatic carbocycles. The van der Waals surface area contributed by atoms with E-state index < -0.39 is 21.6 Å². The standard InChI is InChI=1S/C15H21F5I2N2/c1-8(14(16,17)18)24-12(21)6-9-4-10(15(19,20)22)7-13(2,3)11(23)5-9/h7-9,11H,4-6,23H2,1-3H3/b24-12+/t8-,9?,11?/m1/s1. The maximum atomic E-state index is 13.8. The minimum Gasteiger partial charge on any atom is -0.327 e. The fourth-order valence-electron chi connectivity index (χ4n) is 2.60. The Morgan fingerprint density at radius 3 is 2.38 bits per heavy atom. The molecule has 0 bridgehead atoms. The third-order valence-corrected chi connectivity index (χ3v) is 5.64. The predicted molar refractivity (Wildman–Crippen MR) is 103 cm³/mol. The number of nitrogens with zero attached hydrogens (tertiary/aromatic N) is 1. The molecular formula is C15H21F5I2N2. The molecular weight excluding hydrogens is 557 g/mol. The first-order valence-electron chi connectivity index (χ1n) is 7.46. The van der Waals surface area contributed by atoms with Gasteiger partial charge in [0.05, 0.1) is 3.72 Å². The van der Waals surface area contributed by atoms with E-state index >= 15 is 0 Å². The summed E-state index contributed by atoms with van der Waals surface area (Å²) in [5.41, 5.74) is 5.53. The summed E-state index contributed by atoms with van der Waals surface area (Å²) in [4.78, 5) is 3.65. The summed E-state index contributed by atoms with van der Waals surface area (Å²) in [5.74, 6) is -0.259. The summed E-state index contributed by atoms with van der Waals surface area (Å²) in [6, 6.07) is -2.15. The first kappa shape index (κ1) is 22.5. The molecule has 0 heterocycles. The summed E-state index contributed by atoms with van der Waals surface area (Å²) < 4.78 is 62.7. The lowest BCUT2D eigenvalue weighted by Gasteiger charge is -2.28. The van der Waals surface area contributed by atoms with Crippen LogP contribution < -0.4 is 5.73 Å². The molecule has 0 amide bonds. The third-order valence-electron chi connectivity index (χ3n) is 4.23. The number of halogens is 7. The highest BCUT2D eigenvalue weighted by molar-refractivity contribution is 14.1. The van der Waals surface area contributed by atoms with Gasteiger partial charge in [-0.15, -0.1) is 0 Å². The number of aliphatic imine (C=N–C) groups is 1. The van der Waals surface area contributed by atoms with Crippen molar-refractivity contribution in [3.05, 3.63) is 11.6 Å². The second-order valence-corrected chi connectivity index (χ2v) is 9.43. The van der Waals surface area contributed by atoms with E-state index in [4.69, 9.17) is 5.73 Å². The molecule has 3 atom stereocenters. The molecule has 24 heavy (non-hydrogen) atoms. The number of alkyl halides is 6. The molecule has 140 valence electrons. The van der Waals surface area contributed by atoms with Crippen molar-refractivity contribution in [1.82, 2.24) is 0 Å². The number of hydrogen-bond donors (Lipinski definition) is 1. The van der Waals surface area contributed by atoms with E-state index in [9.17, 15) is 22.0 Å². The first-order valence-corrected chi connectivity index (χ1v) is 9.62. The molecule has 0 saturated heterocycles. The number of hydrogen-bond acceptors (Lipinski definition) is 2. The highest BCUT2D eigenvalue weighted by atomic mass is 127. The van der Waals surface area contributed by atoms with Gasteiger partial charge in [0, 0.05) is 34.2 Å². The fourth-order valence-corrected chi connectivity index (χ4v) is 4.02. The van der Waals surface area contributed by atoms with Gasteiger partial charge in [0.2, 0.25) is 0 Å². The van der Waals surface area contributed by atoms with Crippen LogP contribution in [0.3, 0.4) is 0 Å². The van der Waals surface area contributed by atoms with E-state index in [-0.39, 0.29) is 34.1 Å². The first-order chi connectivity index (χ1) is 10.6. The second kappa shape index (κ2) is 8.01. The van der Waals surface area contributed by atoms with Crippen molar-refractivity contribution in [2.75, 3.05) is 0 Å². The summed E-state index contributed by atoms with van der Waals surface area (Å²) >= 11 is 2.84. The SMILES string of the molecule is C[C@@H](/N=C(/I)CC1CC(C(F)(F)I)=CC(C)(C)C(N)C1)C(F)(F)F. The van der Waals surface area contributed by atoms with Crippen LogP contribution in [0.2, 0.25) is 0 Å². The van der Waals surface area contributed by atoms with Crippen LogP contribution in [0.15, 0.2) is 16.6 Å². The maximum Gasteiger partial charge on any atom is 0.410 e. The molecule has 0 aromatic rings. The quantitative estimate of drug-likeness (QED) is 0.146. The van der Waals surface area contributed by atoms with E-state index in [1.54, 1.807) is 36.4 Å². The number of allylic oxidation sites excluding steroid dienone is 1. The molecule has 1 aliphatic rings. The Balaban J connectivity index is 2.97. The van der Waals surface area contributed by atoms with Gasteiger partial charge in [-0.05, 0) is 60.1 Å². The zero-order valence-electron chi connectivity index (χ0n) is 13.6. The highest BCUT2D eigenvalue weighted by Gasteiger charge is 2.40. The molecule has 0 aromatic carbocycles. The maximum absolute atomic E-state index is 13.8. The Hall–Kier alpha value is 0.480. The van der Waals surface area contributed by atoms with Crippen molar-refractivity contribution in [1.29, 1.82) is 0 Å². The Kier molecular flexibility index (Phi) is 7.52. The average molecular weight is 578 g/mol. The number of rotatable bonds is 4. The molecule has 0 aliphatic heterocycles. The van der Waals surface area contributed by atoms with Crippen LogP contribution in [0.5, 0.6) is 0 Å². The molecule has 2 unspecified atom stereocenters. The molecule has 0 saturated carbocycles. The molecule has 2 nitrogen and oxygen atoms in total. The molecule has 1 rings (SSSR count). The summed E-state index contributed by atoms with van der Waals surface area (Å²) in [7, 11) is 0. The van der Waals surface area contributed by atoms with Gasteiger partial charge >= 0.3 is 10.1 Å². The van der Waals surface area contributed by atoms with Crippen LogP contribution in [0.4, 0.5) is 22.0 Å². The minimum absolute atomic E-state index is 0.0147. The van der Waals surface area contributed by atoms with Gasteiger partial charge in [0.15, 0.2) is 0 Å². The zero-order valence-corrected chi connectivity index (χ0v) is 17.9. The van der Waals surface area contributed by atoms with Gasteiger partial charge in [0.25, 0.3) is 0 Å². The van der Waals surface area contributed by atoms with Crippen LogP contribution in [0, 0.1) is 11.3 Å². The van der Waals surface area contributed by atoms with Crippen LogP contribution >= 0.6 is 45.2 Å².